The van der Waals surface area contributed by atoms with Gasteiger partial charge in [-0.1, -0.05) is 18.2 Å². The van der Waals surface area contributed by atoms with E-state index in [1.165, 1.54) is 0 Å². The van der Waals surface area contributed by atoms with Crippen LogP contribution in [0.1, 0.15) is 47.0 Å². The molecule has 0 saturated heterocycles. The van der Waals surface area contributed by atoms with Crippen LogP contribution >= 0.6 is 0 Å². The number of rotatable bonds is 4. The summed E-state index contributed by atoms with van der Waals surface area (Å²) in [6.45, 7) is 6.96. The van der Waals surface area contributed by atoms with Crippen LogP contribution in [0.4, 0.5) is 0 Å². The fourth-order valence-corrected chi connectivity index (χ4v) is 2.13. The van der Waals surface area contributed by atoms with Crippen molar-refractivity contribution in [3.8, 4) is 0 Å². The Bertz CT molecular complexity index is 370. The number of aliphatic hydroxyl groups is 2. The molecule has 1 aliphatic carbocycles. The minimum Gasteiger partial charge on any atom is -0.390 e. The van der Waals surface area contributed by atoms with E-state index >= 15 is 0 Å². The van der Waals surface area contributed by atoms with Gasteiger partial charge in [-0.25, -0.2) is 0 Å². The second kappa shape index (κ2) is 5.37. The van der Waals surface area contributed by atoms with Crippen molar-refractivity contribution in [2.24, 2.45) is 5.92 Å². The summed E-state index contributed by atoms with van der Waals surface area (Å²) >= 11 is 0. The van der Waals surface area contributed by atoms with E-state index in [1.807, 2.05) is 13.0 Å². The zero-order valence-corrected chi connectivity index (χ0v) is 11.7. The van der Waals surface area contributed by atoms with Gasteiger partial charge in [0.25, 0.3) is 0 Å². The van der Waals surface area contributed by atoms with Crippen LogP contribution in [-0.4, -0.2) is 27.2 Å². The number of Topliss-reactive ketones (excluding diaryl/α,β-unsaturated/α-hetero) is 1. The van der Waals surface area contributed by atoms with Crippen LogP contribution < -0.4 is 0 Å². The Morgan fingerprint density at radius 1 is 1.39 bits per heavy atom. The largest absolute Gasteiger partial charge is 0.390 e. The Balaban J connectivity index is 2.65. The molecule has 1 aliphatic rings. The molecule has 0 aromatic heterocycles. The molecular formula is C15H24O3. The number of carbonyl (C=O) groups excluding carboxylic acids is 1. The number of allylic oxidation sites excluding steroid dienone is 2. The van der Waals surface area contributed by atoms with Crippen molar-refractivity contribution >= 4 is 5.78 Å². The summed E-state index contributed by atoms with van der Waals surface area (Å²) in [5, 5.41) is 20.0. The minimum atomic E-state index is -0.908. The standard InChI is InChI=1S/C15H24O3/c1-11-6-7-12(10-13(11)16)15(4,18)9-5-8-14(2,3)17/h5-6,8,12,17-18H,7,9-10H2,1-4H3/b8-5+/t12?,15-/m1/s1. The maximum absolute atomic E-state index is 11.6. The zero-order valence-electron chi connectivity index (χ0n) is 11.7. The lowest BCUT2D eigenvalue weighted by molar-refractivity contribution is -0.119. The monoisotopic (exact) mass is 252 g/mol. The number of carbonyl (C=O) groups is 1. The van der Waals surface area contributed by atoms with Crippen LogP contribution in [0, 0.1) is 5.92 Å². The van der Waals surface area contributed by atoms with E-state index in [0.29, 0.717) is 12.8 Å². The molecule has 0 fully saturated rings. The Kier molecular flexibility index (Phi) is 4.51. The van der Waals surface area contributed by atoms with Crippen LogP contribution in [0.2, 0.25) is 0 Å². The fourth-order valence-electron chi connectivity index (χ4n) is 2.13. The second-order valence-corrected chi connectivity index (χ2v) is 6.06. The van der Waals surface area contributed by atoms with E-state index in [2.05, 4.69) is 0 Å². The van der Waals surface area contributed by atoms with Gasteiger partial charge in [0.2, 0.25) is 0 Å². The van der Waals surface area contributed by atoms with Gasteiger partial charge in [-0.3, -0.25) is 4.79 Å². The molecule has 0 aromatic rings. The van der Waals surface area contributed by atoms with Gasteiger partial charge in [-0.15, -0.1) is 0 Å². The third-order valence-corrected chi connectivity index (χ3v) is 3.52. The molecule has 0 aliphatic heterocycles. The number of hydrogen-bond donors (Lipinski definition) is 2. The lowest BCUT2D eigenvalue weighted by Gasteiger charge is -2.33. The topological polar surface area (TPSA) is 57.5 Å². The molecule has 3 nitrogen and oxygen atoms in total. The van der Waals surface area contributed by atoms with E-state index in [1.54, 1.807) is 32.9 Å². The van der Waals surface area contributed by atoms with E-state index in [4.69, 9.17) is 0 Å². The van der Waals surface area contributed by atoms with Gasteiger partial charge in [-0.05, 0) is 52.0 Å². The van der Waals surface area contributed by atoms with E-state index in [-0.39, 0.29) is 11.7 Å². The highest BCUT2D eigenvalue weighted by atomic mass is 16.3. The summed E-state index contributed by atoms with van der Waals surface area (Å²) < 4.78 is 0. The Hall–Kier alpha value is -0.930. The Morgan fingerprint density at radius 3 is 2.50 bits per heavy atom. The molecule has 0 amide bonds. The minimum absolute atomic E-state index is 0.0415. The molecule has 0 bridgehead atoms. The van der Waals surface area contributed by atoms with Crippen LogP contribution in [0.25, 0.3) is 0 Å². The van der Waals surface area contributed by atoms with Gasteiger partial charge in [-0.2, -0.15) is 0 Å². The molecule has 0 aromatic carbocycles. The predicted octanol–water partition coefficient (Wildman–Crippen LogP) is 2.38. The van der Waals surface area contributed by atoms with Gasteiger partial charge in [0.1, 0.15) is 0 Å². The van der Waals surface area contributed by atoms with Crippen molar-refractivity contribution in [3.63, 3.8) is 0 Å². The molecule has 0 spiro atoms. The van der Waals surface area contributed by atoms with Crippen molar-refractivity contribution in [2.45, 2.75) is 58.2 Å². The SMILES string of the molecule is CC1=CCC([C@](C)(O)C/C=C/C(C)(C)O)CC1=O. The average Bonchev–Trinajstić information content (AvgIpc) is 2.19. The third-order valence-electron chi connectivity index (χ3n) is 3.52. The number of hydrogen-bond acceptors (Lipinski definition) is 3. The van der Waals surface area contributed by atoms with Crippen LogP contribution in [-0.2, 0) is 4.79 Å². The summed E-state index contributed by atoms with van der Waals surface area (Å²) in [4.78, 5) is 11.6. The molecule has 1 unspecified atom stereocenters. The van der Waals surface area contributed by atoms with Crippen molar-refractivity contribution in [2.75, 3.05) is 0 Å². The highest BCUT2D eigenvalue weighted by molar-refractivity contribution is 5.95. The van der Waals surface area contributed by atoms with Gasteiger partial charge in [0.15, 0.2) is 5.78 Å². The van der Waals surface area contributed by atoms with E-state index < -0.39 is 11.2 Å². The first-order chi connectivity index (χ1) is 8.12. The highest BCUT2D eigenvalue weighted by Gasteiger charge is 2.34. The van der Waals surface area contributed by atoms with E-state index in [0.717, 1.165) is 12.0 Å². The maximum Gasteiger partial charge on any atom is 0.158 e. The van der Waals surface area contributed by atoms with Gasteiger partial charge >= 0.3 is 0 Å². The molecule has 1 rings (SSSR count). The first kappa shape index (κ1) is 15.1. The summed E-state index contributed by atoms with van der Waals surface area (Å²) in [5.74, 6) is 0.0816. The smallest absolute Gasteiger partial charge is 0.158 e. The molecular weight excluding hydrogens is 228 g/mol. The first-order valence-electron chi connectivity index (χ1n) is 6.44. The molecule has 2 N–H and O–H groups in total. The Labute approximate surface area is 109 Å². The second-order valence-electron chi connectivity index (χ2n) is 6.06. The fraction of sp³-hybridized carbons (Fsp3) is 0.667. The Morgan fingerprint density at radius 2 is 2.00 bits per heavy atom. The normalized spacial score (nSPS) is 25.1. The van der Waals surface area contributed by atoms with Crippen LogP contribution in [0.5, 0.6) is 0 Å². The van der Waals surface area contributed by atoms with Crippen molar-refractivity contribution in [1.82, 2.24) is 0 Å². The summed E-state index contributed by atoms with van der Waals surface area (Å²) in [6.07, 6.45) is 6.96. The van der Waals surface area contributed by atoms with Crippen molar-refractivity contribution in [3.05, 3.63) is 23.8 Å². The van der Waals surface area contributed by atoms with Gasteiger partial charge < -0.3 is 10.2 Å². The summed E-state index contributed by atoms with van der Waals surface area (Å²) in [7, 11) is 0. The molecule has 0 heterocycles. The molecule has 102 valence electrons. The summed E-state index contributed by atoms with van der Waals surface area (Å²) in [5.41, 5.74) is -0.974. The lowest BCUT2D eigenvalue weighted by Crippen LogP contribution is -2.37. The quantitative estimate of drug-likeness (QED) is 0.755. The molecule has 3 heteroatoms. The van der Waals surface area contributed by atoms with Gasteiger partial charge in [0.05, 0.1) is 11.2 Å². The van der Waals surface area contributed by atoms with Crippen LogP contribution in [0.15, 0.2) is 23.8 Å². The maximum atomic E-state index is 11.6. The van der Waals surface area contributed by atoms with Crippen molar-refractivity contribution in [1.29, 1.82) is 0 Å². The predicted molar refractivity (Wildman–Crippen MR) is 72.2 cm³/mol. The average molecular weight is 252 g/mol. The highest BCUT2D eigenvalue weighted by Crippen LogP contribution is 2.32. The molecule has 2 atom stereocenters. The molecule has 18 heavy (non-hydrogen) atoms. The molecule has 0 radical (unpaired) electrons. The molecule has 0 saturated carbocycles. The lowest BCUT2D eigenvalue weighted by atomic mass is 9.76. The summed E-state index contributed by atoms with van der Waals surface area (Å²) in [6, 6.07) is 0. The third kappa shape index (κ3) is 4.39. The van der Waals surface area contributed by atoms with Crippen LogP contribution in [0.3, 0.4) is 0 Å². The van der Waals surface area contributed by atoms with Crippen molar-refractivity contribution < 1.29 is 15.0 Å². The first-order valence-corrected chi connectivity index (χ1v) is 6.44. The van der Waals surface area contributed by atoms with E-state index in [9.17, 15) is 15.0 Å². The zero-order chi connectivity index (χ0) is 14.0. The van der Waals surface area contributed by atoms with Gasteiger partial charge in [0, 0.05) is 6.42 Å². The number of ketones is 1.